The number of aromatic carboxylic acids is 1. The minimum absolute atomic E-state index is 0.0545. The molecule has 1 aliphatic heterocycles. The number of benzene rings is 1. The summed E-state index contributed by atoms with van der Waals surface area (Å²) in [5, 5.41) is 9.03. The zero-order chi connectivity index (χ0) is 13.2. The summed E-state index contributed by atoms with van der Waals surface area (Å²) in [5.41, 5.74) is 3.46. The van der Waals surface area contributed by atoms with Crippen LogP contribution in [0.15, 0.2) is 41.0 Å². The number of carbonyl (C=O) groups is 1. The first-order chi connectivity index (χ1) is 9.24. The highest BCUT2D eigenvalue weighted by atomic mass is 16.4. The van der Waals surface area contributed by atoms with Crippen LogP contribution in [-0.2, 0) is 19.5 Å². The Hall–Kier alpha value is -2.07. The summed E-state index contributed by atoms with van der Waals surface area (Å²) in [6.07, 6.45) is 2.45. The molecule has 0 saturated carbocycles. The van der Waals surface area contributed by atoms with E-state index in [4.69, 9.17) is 9.52 Å². The molecule has 19 heavy (non-hydrogen) atoms. The molecule has 0 bridgehead atoms. The lowest BCUT2D eigenvalue weighted by Crippen LogP contribution is -2.30. The number of carboxylic acid groups (broad SMARTS) is 1. The van der Waals surface area contributed by atoms with E-state index in [0.29, 0.717) is 6.54 Å². The van der Waals surface area contributed by atoms with Gasteiger partial charge in [0, 0.05) is 25.2 Å². The van der Waals surface area contributed by atoms with E-state index in [1.807, 2.05) is 6.07 Å². The molecule has 2 heterocycles. The van der Waals surface area contributed by atoms with Gasteiger partial charge in [-0.15, -0.1) is 0 Å². The predicted molar refractivity (Wildman–Crippen MR) is 69.9 cm³/mol. The van der Waals surface area contributed by atoms with Crippen molar-refractivity contribution in [3.63, 3.8) is 0 Å². The maximum atomic E-state index is 11.0. The largest absolute Gasteiger partial charge is 0.475 e. The van der Waals surface area contributed by atoms with E-state index in [1.165, 1.54) is 17.4 Å². The summed E-state index contributed by atoms with van der Waals surface area (Å²) in [7, 11) is 0. The molecule has 0 radical (unpaired) electrons. The van der Waals surface area contributed by atoms with Gasteiger partial charge in [0.25, 0.3) is 0 Å². The third kappa shape index (κ3) is 2.39. The van der Waals surface area contributed by atoms with Gasteiger partial charge in [-0.3, -0.25) is 4.90 Å². The van der Waals surface area contributed by atoms with Crippen LogP contribution < -0.4 is 0 Å². The van der Waals surface area contributed by atoms with Gasteiger partial charge in [-0.25, -0.2) is 4.79 Å². The number of carboxylic acids is 1. The number of furan rings is 1. The van der Waals surface area contributed by atoms with Crippen LogP contribution in [0.1, 0.15) is 27.2 Å². The summed E-state index contributed by atoms with van der Waals surface area (Å²) in [5.74, 6) is -0.948. The van der Waals surface area contributed by atoms with Crippen LogP contribution >= 0.6 is 0 Å². The van der Waals surface area contributed by atoms with E-state index < -0.39 is 5.97 Å². The minimum atomic E-state index is -1.00. The number of nitrogens with zero attached hydrogens (tertiary/aromatic N) is 1. The average Bonchev–Trinajstić information content (AvgIpc) is 2.87. The van der Waals surface area contributed by atoms with Crippen molar-refractivity contribution in [2.45, 2.75) is 19.5 Å². The van der Waals surface area contributed by atoms with Crippen molar-refractivity contribution in [3.8, 4) is 0 Å². The van der Waals surface area contributed by atoms with Crippen molar-refractivity contribution in [3.05, 3.63) is 59.0 Å². The van der Waals surface area contributed by atoms with Crippen LogP contribution in [0.25, 0.3) is 0 Å². The monoisotopic (exact) mass is 257 g/mol. The predicted octanol–water partition coefficient (Wildman–Crippen LogP) is 2.54. The molecule has 0 unspecified atom stereocenters. The average molecular weight is 257 g/mol. The molecule has 4 nitrogen and oxygen atoms in total. The molecule has 0 aliphatic carbocycles. The van der Waals surface area contributed by atoms with Gasteiger partial charge in [0.2, 0.25) is 5.76 Å². The molecule has 3 rings (SSSR count). The lowest BCUT2D eigenvalue weighted by molar-refractivity contribution is 0.0659. The van der Waals surface area contributed by atoms with Crippen molar-refractivity contribution in [1.29, 1.82) is 0 Å². The van der Waals surface area contributed by atoms with E-state index in [0.717, 1.165) is 25.1 Å². The van der Waals surface area contributed by atoms with Crippen LogP contribution in [0, 0.1) is 0 Å². The van der Waals surface area contributed by atoms with Gasteiger partial charge < -0.3 is 9.52 Å². The van der Waals surface area contributed by atoms with Gasteiger partial charge in [-0.05, 0) is 23.6 Å². The zero-order valence-corrected chi connectivity index (χ0v) is 10.5. The Balaban J connectivity index is 1.76. The number of hydrogen-bond donors (Lipinski definition) is 1. The van der Waals surface area contributed by atoms with Gasteiger partial charge in [0.15, 0.2) is 0 Å². The highest BCUT2D eigenvalue weighted by Gasteiger charge is 2.20. The van der Waals surface area contributed by atoms with Gasteiger partial charge in [-0.2, -0.15) is 0 Å². The van der Waals surface area contributed by atoms with E-state index >= 15 is 0 Å². The first-order valence-electron chi connectivity index (χ1n) is 6.33. The Morgan fingerprint density at radius 1 is 1.26 bits per heavy atom. The molecule has 1 aliphatic rings. The first-order valence-corrected chi connectivity index (χ1v) is 6.33. The van der Waals surface area contributed by atoms with E-state index in [2.05, 4.69) is 23.1 Å². The molecule has 0 spiro atoms. The summed E-state index contributed by atoms with van der Waals surface area (Å²) < 4.78 is 5.01. The normalized spacial score (nSPS) is 15.2. The van der Waals surface area contributed by atoms with Crippen LogP contribution in [0.4, 0.5) is 0 Å². The molecule has 0 atom stereocenters. The third-order valence-corrected chi connectivity index (χ3v) is 3.54. The van der Waals surface area contributed by atoms with Crippen LogP contribution in [0.3, 0.4) is 0 Å². The van der Waals surface area contributed by atoms with Crippen molar-refractivity contribution < 1.29 is 14.3 Å². The fourth-order valence-electron chi connectivity index (χ4n) is 2.58. The highest BCUT2D eigenvalue weighted by molar-refractivity contribution is 5.86. The second kappa shape index (κ2) is 4.90. The van der Waals surface area contributed by atoms with Crippen molar-refractivity contribution in [2.75, 3.05) is 6.54 Å². The van der Waals surface area contributed by atoms with Gasteiger partial charge in [0.1, 0.15) is 0 Å². The molecular weight excluding hydrogens is 242 g/mol. The maximum absolute atomic E-state index is 11.0. The number of hydrogen-bond acceptors (Lipinski definition) is 3. The number of rotatable bonds is 3. The summed E-state index contributed by atoms with van der Waals surface area (Å²) in [6.45, 7) is 2.42. The lowest BCUT2D eigenvalue weighted by Gasteiger charge is -2.28. The van der Waals surface area contributed by atoms with Crippen molar-refractivity contribution in [1.82, 2.24) is 4.90 Å². The highest BCUT2D eigenvalue weighted by Crippen LogP contribution is 2.21. The second-order valence-electron chi connectivity index (χ2n) is 4.81. The standard InChI is InChI=1S/C15H15NO3/c17-15(18)14-13(6-8-19-14)10-16-7-5-11-3-1-2-4-12(11)9-16/h1-4,6,8H,5,7,9-10H2,(H,17,18). The minimum Gasteiger partial charge on any atom is -0.475 e. The van der Waals surface area contributed by atoms with Crippen LogP contribution in [0.2, 0.25) is 0 Å². The Kier molecular flexibility index (Phi) is 3.09. The van der Waals surface area contributed by atoms with E-state index in [-0.39, 0.29) is 5.76 Å². The number of fused-ring (bicyclic) bond motifs is 1. The molecular formula is C15H15NO3. The summed E-state index contributed by atoms with van der Waals surface area (Å²) in [6, 6.07) is 10.1. The molecule has 1 aromatic heterocycles. The Morgan fingerprint density at radius 2 is 2.05 bits per heavy atom. The van der Waals surface area contributed by atoms with Gasteiger partial charge >= 0.3 is 5.97 Å². The Morgan fingerprint density at radius 3 is 2.84 bits per heavy atom. The molecule has 98 valence electrons. The fraction of sp³-hybridized carbons (Fsp3) is 0.267. The van der Waals surface area contributed by atoms with Gasteiger partial charge in [-0.1, -0.05) is 24.3 Å². The van der Waals surface area contributed by atoms with Crippen molar-refractivity contribution in [2.24, 2.45) is 0 Å². The van der Waals surface area contributed by atoms with E-state index in [1.54, 1.807) is 6.07 Å². The molecule has 2 aromatic rings. The van der Waals surface area contributed by atoms with Crippen LogP contribution in [-0.4, -0.2) is 22.5 Å². The lowest BCUT2D eigenvalue weighted by atomic mass is 9.99. The third-order valence-electron chi connectivity index (χ3n) is 3.54. The quantitative estimate of drug-likeness (QED) is 0.918. The molecule has 1 aromatic carbocycles. The maximum Gasteiger partial charge on any atom is 0.372 e. The molecule has 0 amide bonds. The zero-order valence-electron chi connectivity index (χ0n) is 10.5. The molecule has 0 saturated heterocycles. The van der Waals surface area contributed by atoms with Gasteiger partial charge in [0.05, 0.1) is 6.26 Å². The van der Waals surface area contributed by atoms with Crippen LogP contribution in [0.5, 0.6) is 0 Å². The topological polar surface area (TPSA) is 53.7 Å². The SMILES string of the molecule is O=C(O)c1occc1CN1CCc2ccccc2C1. The van der Waals surface area contributed by atoms with Crippen molar-refractivity contribution >= 4 is 5.97 Å². The summed E-state index contributed by atoms with van der Waals surface area (Å²) in [4.78, 5) is 13.3. The van der Waals surface area contributed by atoms with E-state index in [9.17, 15) is 4.79 Å². The molecule has 4 heteroatoms. The first kappa shape index (κ1) is 12.0. The summed E-state index contributed by atoms with van der Waals surface area (Å²) >= 11 is 0. The smallest absolute Gasteiger partial charge is 0.372 e. The fourth-order valence-corrected chi connectivity index (χ4v) is 2.58. The Labute approximate surface area is 111 Å². The molecule has 0 fully saturated rings. The molecule has 1 N–H and O–H groups in total. The second-order valence-corrected chi connectivity index (χ2v) is 4.81. The Bertz CT molecular complexity index is 603.